The summed E-state index contributed by atoms with van der Waals surface area (Å²) in [6.45, 7) is 9.05. The predicted molar refractivity (Wildman–Crippen MR) is 84.0 cm³/mol. The fourth-order valence-corrected chi connectivity index (χ4v) is 3.23. The van der Waals surface area contributed by atoms with E-state index in [-0.39, 0.29) is 17.6 Å². The van der Waals surface area contributed by atoms with Gasteiger partial charge in [0.1, 0.15) is 0 Å². The van der Waals surface area contributed by atoms with Gasteiger partial charge in [0.15, 0.2) is 0 Å². The van der Waals surface area contributed by atoms with Crippen LogP contribution in [0.15, 0.2) is 18.2 Å². The molecular weight excluding hydrogens is 266 g/mol. The minimum absolute atomic E-state index is 0.0586. The lowest BCUT2D eigenvalue weighted by Crippen LogP contribution is -2.53. The van der Waals surface area contributed by atoms with Crippen LogP contribution < -0.4 is 10.6 Å². The molecule has 0 aromatic heterocycles. The number of hydrogen-bond acceptors (Lipinski definition) is 4. The summed E-state index contributed by atoms with van der Waals surface area (Å²) in [4.78, 5) is 14.8. The molecule has 3 rings (SSSR count). The molecule has 114 valence electrons. The zero-order valence-electron chi connectivity index (χ0n) is 12.9. The zero-order chi connectivity index (χ0) is 15.0. The molecule has 0 bridgehead atoms. The van der Waals surface area contributed by atoms with E-state index in [4.69, 9.17) is 4.74 Å². The number of carbonyl (C=O) groups is 1. The molecule has 21 heavy (non-hydrogen) atoms. The summed E-state index contributed by atoms with van der Waals surface area (Å²) in [6, 6.07) is 5.83. The number of carbonyl (C=O) groups excluding carboxylic acids is 1. The van der Waals surface area contributed by atoms with Crippen LogP contribution in [0.2, 0.25) is 0 Å². The number of ether oxygens (including phenoxy) is 1. The zero-order valence-corrected chi connectivity index (χ0v) is 12.9. The molecule has 1 aromatic carbocycles. The summed E-state index contributed by atoms with van der Waals surface area (Å²) in [6.07, 6.45) is 0.0586. The van der Waals surface area contributed by atoms with Gasteiger partial charge in [-0.25, -0.2) is 0 Å². The smallest absolute Gasteiger partial charge is 0.256 e. The molecule has 0 saturated carbocycles. The third kappa shape index (κ3) is 2.83. The molecule has 5 heteroatoms. The van der Waals surface area contributed by atoms with Crippen LogP contribution >= 0.6 is 0 Å². The Balaban J connectivity index is 1.88. The van der Waals surface area contributed by atoms with Crippen molar-refractivity contribution in [1.29, 1.82) is 0 Å². The van der Waals surface area contributed by atoms with E-state index >= 15 is 0 Å². The number of nitrogens with one attached hydrogen (secondary N) is 2. The van der Waals surface area contributed by atoms with Gasteiger partial charge in [-0.2, -0.15) is 0 Å². The highest BCUT2D eigenvalue weighted by atomic mass is 16.5. The quantitative estimate of drug-likeness (QED) is 0.832. The van der Waals surface area contributed by atoms with Crippen LogP contribution in [0, 0.1) is 0 Å². The molecule has 5 nitrogen and oxygen atoms in total. The summed E-state index contributed by atoms with van der Waals surface area (Å²) in [5.41, 5.74) is 2.37. The van der Waals surface area contributed by atoms with Crippen molar-refractivity contribution in [1.82, 2.24) is 4.90 Å². The minimum Gasteiger partial charge on any atom is -0.382 e. The van der Waals surface area contributed by atoms with Crippen LogP contribution in [-0.2, 0) is 4.74 Å². The van der Waals surface area contributed by atoms with Crippen LogP contribution in [-0.4, -0.2) is 48.7 Å². The highest BCUT2D eigenvalue weighted by Crippen LogP contribution is 2.30. The van der Waals surface area contributed by atoms with Crippen molar-refractivity contribution in [3.8, 4) is 0 Å². The third-order valence-electron chi connectivity index (χ3n) is 3.89. The summed E-state index contributed by atoms with van der Waals surface area (Å²) in [5.74, 6) is 0.0753. The average molecular weight is 289 g/mol. The standard InChI is InChI=1S/C16H23N3O2/c1-11-9-19(10-16(2,3)21-11)15(20)12-5-4-6-13-14(12)18-8-7-17-13/h4-6,11,17-18H,7-10H2,1-3H3. The van der Waals surface area contributed by atoms with Gasteiger partial charge in [-0.3, -0.25) is 4.79 Å². The van der Waals surface area contributed by atoms with Crippen molar-refractivity contribution in [3.63, 3.8) is 0 Å². The normalized spacial score (nSPS) is 23.8. The minimum atomic E-state index is -0.298. The Morgan fingerprint density at radius 1 is 1.33 bits per heavy atom. The molecule has 2 aliphatic rings. The number of amides is 1. The van der Waals surface area contributed by atoms with E-state index in [0.29, 0.717) is 13.1 Å². The summed E-state index contributed by atoms with van der Waals surface area (Å²) in [7, 11) is 0. The van der Waals surface area contributed by atoms with Crippen LogP contribution in [0.1, 0.15) is 31.1 Å². The Hall–Kier alpha value is -1.75. The Bertz CT molecular complexity index is 556. The van der Waals surface area contributed by atoms with Crippen LogP contribution in [0.25, 0.3) is 0 Å². The number of rotatable bonds is 1. The van der Waals surface area contributed by atoms with Crippen molar-refractivity contribution in [3.05, 3.63) is 23.8 Å². The van der Waals surface area contributed by atoms with E-state index in [1.807, 2.05) is 43.9 Å². The van der Waals surface area contributed by atoms with Crippen LogP contribution in [0.4, 0.5) is 11.4 Å². The largest absolute Gasteiger partial charge is 0.382 e. The van der Waals surface area contributed by atoms with Gasteiger partial charge in [-0.15, -0.1) is 0 Å². The molecule has 2 N–H and O–H groups in total. The monoisotopic (exact) mass is 289 g/mol. The molecule has 0 aliphatic carbocycles. The topological polar surface area (TPSA) is 53.6 Å². The number of hydrogen-bond donors (Lipinski definition) is 2. The number of morpholine rings is 1. The lowest BCUT2D eigenvalue weighted by atomic mass is 10.0. The van der Waals surface area contributed by atoms with Crippen LogP contribution in [0.5, 0.6) is 0 Å². The molecule has 2 heterocycles. The first-order valence-corrected chi connectivity index (χ1v) is 7.54. The van der Waals surface area contributed by atoms with Crippen molar-refractivity contribution in [2.45, 2.75) is 32.5 Å². The number of benzene rings is 1. The van der Waals surface area contributed by atoms with E-state index in [1.165, 1.54) is 0 Å². The Labute approximate surface area is 125 Å². The molecule has 1 fully saturated rings. The van der Waals surface area contributed by atoms with Gasteiger partial charge in [0.05, 0.1) is 28.6 Å². The maximum atomic E-state index is 12.9. The summed E-state index contributed by atoms with van der Waals surface area (Å²) in [5, 5.41) is 6.67. The van der Waals surface area contributed by atoms with Crippen molar-refractivity contribution < 1.29 is 9.53 Å². The Morgan fingerprint density at radius 3 is 2.86 bits per heavy atom. The third-order valence-corrected chi connectivity index (χ3v) is 3.89. The second kappa shape index (κ2) is 5.22. The van der Waals surface area contributed by atoms with Gasteiger partial charge >= 0.3 is 0 Å². The van der Waals surface area contributed by atoms with Gasteiger partial charge in [0.25, 0.3) is 5.91 Å². The fraction of sp³-hybridized carbons (Fsp3) is 0.562. The number of fused-ring (bicyclic) bond motifs is 1. The SMILES string of the molecule is CC1CN(C(=O)c2cccc3c2NCCN3)CC(C)(C)O1. The van der Waals surface area contributed by atoms with Crippen molar-refractivity contribution >= 4 is 17.3 Å². The summed E-state index contributed by atoms with van der Waals surface area (Å²) >= 11 is 0. The van der Waals surface area contributed by atoms with E-state index in [2.05, 4.69) is 10.6 Å². The second-order valence-corrected chi connectivity index (χ2v) is 6.46. The lowest BCUT2D eigenvalue weighted by molar-refractivity contribution is -0.118. The molecule has 0 radical (unpaired) electrons. The molecular formula is C16H23N3O2. The van der Waals surface area contributed by atoms with Gasteiger partial charge in [-0.05, 0) is 32.9 Å². The number of para-hydroxylation sites is 1. The number of anilines is 2. The molecule has 1 atom stereocenters. The van der Waals surface area contributed by atoms with Gasteiger partial charge < -0.3 is 20.3 Å². The molecule has 1 aromatic rings. The maximum Gasteiger partial charge on any atom is 0.256 e. The van der Waals surface area contributed by atoms with Crippen molar-refractivity contribution in [2.24, 2.45) is 0 Å². The van der Waals surface area contributed by atoms with Gasteiger partial charge in [0.2, 0.25) is 0 Å². The highest BCUT2D eigenvalue weighted by molar-refractivity contribution is 6.02. The Kier molecular flexibility index (Phi) is 3.53. The molecule has 1 amide bonds. The average Bonchev–Trinajstić information content (AvgIpc) is 2.44. The van der Waals surface area contributed by atoms with E-state index in [0.717, 1.165) is 30.0 Å². The second-order valence-electron chi connectivity index (χ2n) is 6.46. The molecule has 2 aliphatic heterocycles. The van der Waals surface area contributed by atoms with E-state index in [9.17, 15) is 4.79 Å². The fourth-order valence-electron chi connectivity index (χ4n) is 3.23. The molecule has 0 spiro atoms. The highest BCUT2D eigenvalue weighted by Gasteiger charge is 2.35. The summed E-state index contributed by atoms with van der Waals surface area (Å²) < 4.78 is 5.88. The van der Waals surface area contributed by atoms with Gasteiger partial charge in [-0.1, -0.05) is 6.07 Å². The lowest BCUT2D eigenvalue weighted by Gasteiger charge is -2.42. The molecule has 1 saturated heterocycles. The van der Waals surface area contributed by atoms with E-state index in [1.54, 1.807) is 0 Å². The van der Waals surface area contributed by atoms with Crippen molar-refractivity contribution in [2.75, 3.05) is 36.8 Å². The number of nitrogens with zero attached hydrogens (tertiary/aromatic N) is 1. The maximum absolute atomic E-state index is 12.9. The molecule has 1 unspecified atom stereocenters. The van der Waals surface area contributed by atoms with Crippen LogP contribution in [0.3, 0.4) is 0 Å². The Morgan fingerprint density at radius 2 is 2.10 bits per heavy atom. The first-order valence-electron chi connectivity index (χ1n) is 7.54. The predicted octanol–water partition coefficient (Wildman–Crippen LogP) is 2.16. The first-order chi connectivity index (χ1) is 9.96. The van der Waals surface area contributed by atoms with E-state index < -0.39 is 0 Å². The van der Waals surface area contributed by atoms with Gasteiger partial charge in [0, 0.05) is 26.2 Å². The first kappa shape index (κ1) is 14.2.